The Balaban J connectivity index is 1.95. The fraction of sp³-hybridized carbons (Fsp3) is 0.286. The highest BCUT2D eigenvalue weighted by Gasteiger charge is 2.16. The van der Waals surface area contributed by atoms with Crippen LogP contribution in [0.4, 0.5) is 0 Å². The van der Waals surface area contributed by atoms with Crippen molar-refractivity contribution in [3.63, 3.8) is 0 Å². The highest BCUT2D eigenvalue weighted by atomic mass is 16.5. The SMILES string of the molecule is CCN(CC)CCOC(=O)c1c2ccccc2cc2ccccc12. The normalized spacial score (nSPS) is 11.3. The summed E-state index contributed by atoms with van der Waals surface area (Å²) in [5.41, 5.74) is 0.670. The Morgan fingerprint density at radius 1 is 0.917 bits per heavy atom. The van der Waals surface area contributed by atoms with Crippen molar-refractivity contribution in [2.45, 2.75) is 13.8 Å². The maximum absolute atomic E-state index is 12.8. The second-order valence-corrected chi connectivity index (χ2v) is 5.86. The molecule has 3 aromatic rings. The molecule has 3 heteroatoms. The molecule has 24 heavy (non-hydrogen) atoms. The van der Waals surface area contributed by atoms with Crippen LogP contribution in [0, 0.1) is 0 Å². The molecular formula is C21H23NO2. The average molecular weight is 321 g/mol. The largest absolute Gasteiger partial charge is 0.461 e. The van der Waals surface area contributed by atoms with Crippen molar-refractivity contribution in [1.29, 1.82) is 0 Å². The Kier molecular flexibility index (Phi) is 5.11. The minimum Gasteiger partial charge on any atom is -0.461 e. The van der Waals surface area contributed by atoms with Gasteiger partial charge in [0.25, 0.3) is 0 Å². The number of benzene rings is 3. The van der Waals surface area contributed by atoms with Crippen LogP contribution in [0.1, 0.15) is 24.2 Å². The van der Waals surface area contributed by atoms with Gasteiger partial charge in [0.1, 0.15) is 6.61 Å². The number of ether oxygens (including phenoxy) is 1. The van der Waals surface area contributed by atoms with Gasteiger partial charge in [0.15, 0.2) is 0 Å². The summed E-state index contributed by atoms with van der Waals surface area (Å²) in [6, 6.07) is 18.1. The summed E-state index contributed by atoms with van der Waals surface area (Å²) >= 11 is 0. The van der Waals surface area contributed by atoms with Crippen molar-refractivity contribution in [3.8, 4) is 0 Å². The number of esters is 1. The predicted octanol–water partition coefficient (Wildman–Crippen LogP) is 4.49. The fourth-order valence-electron chi connectivity index (χ4n) is 3.11. The molecule has 0 aliphatic rings. The molecular weight excluding hydrogens is 298 g/mol. The summed E-state index contributed by atoms with van der Waals surface area (Å²) < 4.78 is 5.60. The Labute approximate surface area is 142 Å². The molecule has 0 spiro atoms. The smallest absolute Gasteiger partial charge is 0.339 e. The minimum absolute atomic E-state index is 0.241. The first-order valence-electron chi connectivity index (χ1n) is 8.54. The van der Waals surface area contributed by atoms with Gasteiger partial charge in [-0.3, -0.25) is 0 Å². The first-order valence-corrected chi connectivity index (χ1v) is 8.54. The maximum Gasteiger partial charge on any atom is 0.339 e. The van der Waals surface area contributed by atoms with Crippen molar-refractivity contribution in [3.05, 3.63) is 60.2 Å². The molecule has 124 valence electrons. The number of fused-ring (bicyclic) bond motifs is 2. The Morgan fingerprint density at radius 3 is 2.00 bits per heavy atom. The fourth-order valence-corrected chi connectivity index (χ4v) is 3.11. The zero-order valence-electron chi connectivity index (χ0n) is 14.3. The summed E-state index contributed by atoms with van der Waals surface area (Å²) in [5, 5.41) is 4.02. The van der Waals surface area contributed by atoms with Crippen LogP contribution in [0.2, 0.25) is 0 Å². The number of carbonyl (C=O) groups is 1. The Morgan fingerprint density at radius 2 is 1.46 bits per heavy atom. The Hall–Kier alpha value is -2.39. The zero-order valence-corrected chi connectivity index (χ0v) is 14.3. The van der Waals surface area contributed by atoms with Crippen molar-refractivity contribution in [1.82, 2.24) is 4.90 Å². The van der Waals surface area contributed by atoms with Gasteiger partial charge in [-0.1, -0.05) is 62.4 Å². The first-order chi connectivity index (χ1) is 11.7. The van der Waals surface area contributed by atoms with Crippen molar-refractivity contribution < 1.29 is 9.53 Å². The monoisotopic (exact) mass is 321 g/mol. The maximum atomic E-state index is 12.8. The molecule has 0 radical (unpaired) electrons. The number of nitrogens with zero attached hydrogens (tertiary/aromatic N) is 1. The topological polar surface area (TPSA) is 29.5 Å². The lowest BCUT2D eigenvalue weighted by Gasteiger charge is -2.18. The van der Waals surface area contributed by atoms with E-state index in [-0.39, 0.29) is 5.97 Å². The minimum atomic E-state index is -0.241. The van der Waals surface area contributed by atoms with Crippen LogP contribution in [-0.2, 0) is 4.74 Å². The molecule has 0 aliphatic heterocycles. The molecule has 0 unspecified atom stereocenters. The lowest BCUT2D eigenvalue weighted by atomic mass is 9.97. The molecule has 0 aliphatic carbocycles. The van der Waals surface area contributed by atoms with Crippen LogP contribution in [0.3, 0.4) is 0 Å². The summed E-state index contributed by atoms with van der Waals surface area (Å²) in [5.74, 6) is -0.241. The van der Waals surface area contributed by atoms with Crippen LogP contribution in [-0.4, -0.2) is 37.1 Å². The van der Waals surface area contributed by atoms with E-state index in [1.165, 1.54) is 0 Å². The van der Waals surface area contributed by atoms with E-state index in [1.807, 2.05) is 48.5 Å². The van der Waals surface area contributed by atoms with Gasteiger partial charge < -0.3 is 9.64 Å². The van der Waals surface area contributed by atoms with E-state index in [0.29, 0.717) is 12.2 Å². The van der Waals surface area contributed by atoms with E-state index >= 15 is 0 Å². The molecule has 0 fully saturated rings. The number of carbonyl (C=O) groups excluding carboxylic acids is 1. The number of hydrogen-bond acceptors (Lipinski definition) is 3. The second-order valence-electron chi connectivity index (χ2n) is 5.86. The Bertz CT molecular complexity index is 799. The van der Waals surface area contributed by atoms with E-state index in [2.05, 4.69) is 24.8 Å². The molecule has 0 amide bonds. The first kappa shape index (κ1) is 16.5. The van der Waals surface area contributed by atoms with Crippen LogP contribution in [0.15, 0.2) is 54.6 Å². The molecule has 3 nitrogen and oxygen atoms in total. The summed E-state index contributed by atoms with van der Waals surface area (Å²) in [6.45, 7) is 7.34. The van der Waals surface area contributed by atoms with E-state index in [9.17, 15) is 4.79 Å². The van der Waals surface area contributed by atoms with Gasteiger partial charge in [0, 0.05) is 6.54 Å². The van der Waals surface area contributed by atoms with Crippen LogP contribution < -0.4 is 0 Å². The van der Waals surface area contributed by atoms with E-state index in [4.69, 9.17) is 4.74 Å². The second kappa shape index (κ2) is 7.45. The van der Waals surface area contributed by atoms with Crippen LogP contribution >= 0.6 is 0 Å². The third kappa shape index (κ3) is 3.26. The van der Waals surface area contributed by atoms with Gasteiger partial charge >= 0.3 is 5.97 Å². The number of rotatable bonds is 6. The number of hydrogen-bond donors (Lipinski definition) is 0. The van der Waals surface area contributed by atoms with Crippen molar-refractivity contribution in [2.24, 2.45) is 0 Å². The zero-order chi connectivity index (χ0) is 16.9. The standard InChI is InChI=1S/C21H23NO2/c1-3-22(4-2)13-14-24-21(23)20-18-11-7-5-9-16(18)15-17-10-6-8-12-19(17)20/h5-12,15H,3-4,13-14H2,1-2H3. The van der Waals surface area contributed by atoms with Gasteiger partial charge in [-0.2, -0.15) is 0 Å². The van der Waals surface area contributed by atoms with Gasteiger partial charge in [-0.25, -0.2) is 4.79 Å². The lowest BCUT2D eigenvalue weighted by molar-refractivity contribution is 0.0471. The highest BCUT2D eigenvalue weighted by Crippen LogP contribution is 2.29. The van der Waals surface area contributed by atoms with Crippen LogP contribution in [0.5, 0.6) is 0 Å². The predicted molar refractivity (Wildman–Crippen MR) is 99.5 cm³/mol. The molecule has 0 saturated carbocycles. The molecule has 0 N–H and O–H groups in total. The molecule has 0 heterocycles. The van der Waals surface area contributed by atoms with Gasteiger partial charge in [-0.05, 0) is 40.7 Å². The number of likely N-dealkylation sites (N-methyl/N-ethyl adjacent to an activating group) is 1. The van der Waals surface area contributed by atoms with E-state index in [1.54, 1.807) is 0 Å². The molecule has 0 saturated heterocycles. The van der Waals surface area contributed by atoms with Crippen molar-refractivity contribution in [2.75, 3.05) is 26.2 Å². The van der Waals surface area contributed by atoms with Crippen LogP contribution in [0.25, 0.3) is 21.5 Å². The molecule has 0 bridgehead atoms. The third-order valence-electron chi connectivity index (χ3n) is 4.51. The summed E-state index contributed by atoms with van der Waals surface area (Å²) in [7, 11) is 0. The lowest BCUT2D eigenvalue weighted by Crippen LogP contribution is -2.28. The van der Waals surface area contributed by atoms with Crippen molar-refractivity contribution >= 4 is 27.5 Å². The van der Waals surface area contributed by atoms with E-state index < -0.39 is 0 Å². The molecule has 0 atom stereocenters. The molecule has 0 aromatic heterocycles. The quantitative estimate of drug-likeness (QED) is 0.495. The summed E-state index contributed by atoms with van der Waals surface area (Å²) in [6.07, 6.45) is 0. The average Bonchev–Trinajstić information content (AvgIpc) is 2.63. The van der Waals surface area contributed by atoms with Gasteiger partial charge in [0.05, 0.1) is 5.56 Å². The molecule has 3 aromatic carbocycles. The third-order valence-corrected chi connectivity index (χ3v) is 4.51. The summed E-state index contributed by atoms with van der Waals surface area (Å²) in [4.78, 5) is 15.0. The van der Waals surface area contributed by atoms with Gasteiger partial charge in [0.2, 0.25) is 0 Å². The highest BCUT2D eigenvalue weighted by molar-refractivity contribution is 6.16. The molecule has 3 rings (SSSR count). The van der Waals surface area contributed by atoms with Gasteiger partial charge in [-0.15, -0.1) is 0 Å². The van der Waals surface area contributed by atoms with E-state index in [0.717, 1.165) is 41.2 Å².